The number of ether oxygens (including phenoxy) is 1. The van der Waals surface area contributed by atoms with Crippen molar-refractivity contribution in [2.75, 3.05) is 6.61 Å². The Hall–Kier alpha value is -1.14. The molecule has 0 saturated heterocycles. The second-order valence-electron chi connectivity index (χ2n) is 16.9. The van der Waals surface area contributed by atoms with Gasteiger partial charge in [0.05, 0.1) is 25.2 Å². The molecule has 0 radical (unpaired) electrons. The summed E-state index contributed by atoms with van der Waals surface area (Å²) in [7, 11) is 0. The molecule has 3 atom stereocenters. The number of hydrogen-bond acceptors (Lipinski definition) is 5. The van der Waals surface area contributed by atoms with Crippen LogP contribution in [0.1, 0.15) is 271 Å². The first-order valence-corrected chi connectivity index (χ1v) is 24.3. The fourth-order valence-corrected chi connectivity index (χ4v) is 7.73. The van der Waals surface area contributed by atoms with Crippen LogP contribution in [0.25, 0.3) is 0 Å². The quantitative estimate of drug-likeness (QED) is 0.0424. The Balaban J connectivity index is 4.51. The highest BCUT2D eigenvalue weighted by Crippen LogP contribution is 2.18. The number of nitrogens with one attached hydrogen (secondary N) is 1. The Kier molecular flexibility index (Phi) is 42.1. The molecule has 0 fully saturated rings. The first kappa shape index (κ1) is 52.9. The molecule has 3 N–H and O–H groups in total. The van der Waals surface area contributed by atoms with E-state index in [0.717, 1.165) is 44.9 Å². The third kappa shape index (κ3) is 37.8. The van der Waals surface area contributed by atoms with Crippen LogP contribution in [0.5, 0.6) is 0 Å². The van der Waals surface area contributed by atoms with Gasteiger partial charge in [0.1, 0.15) is 6.10 Å². The van der Waals surface area contributed by atoms with E-state index in [-0.39, 0.29) is 24.9 Å². The molecule has 0 saturated carbocycles. The predicted molar refractivity (Wildman–Crippen MR) is 232 cm³/mol. The van der Waals surface area contributed by atoms with Crippen molar-refractivity contribution in [1.82, 2.24) is 5.32 Å². The zero-order valence-corrected chi connectivity index (χ0v) is 36.6. The van der Waals surface area contributed by atoms with Gasteiger partial charge in [0.25, 0.3) is 0 Å². The summed E-state index contributed by atoms with van der Waals surface area (Å²) in [6, 6.07) is -0.690. The summed E-state index contributed by atoms with van der Waals surface area (Å²) < 4.78 is 5.91. The molecule has 0 rings (SSSR count). The lowest BCUT2D eigenvalue weighted by atomic mass is 10.0. The molecule has 6 nitrogen and oxygen atoms in total. The summed E-state index contributed by atoms with van der Waals surface area (Å²) >= 11 is 0. The highest BCUT2D eigenvalue weighted by Gasteiger charge is 2.24. The molecule has 6 heteroatoms. The Labute approximate surface area is 336 Å². The van der Waals surface area contributed by atoms with E-state index in [1.807, 2.05) is 0 Å². The Bertz CT molecular complexity index is 776. The molecule has 0 bridgehead atoms. The number of aliphatic hydroxyl groups excluding tert-OH is 2. The van der Waals surface area contributed by atoms with Crippen LogP contribution in [-0.4, -0.2) is 46.9 Å². The van der Waals surface area contributed by atoms with E-state index < -0.39 is 18.2 Å². The van der Waals surface area contributed by atoms with Crippen LogP contribution in [0.15, 0.2) is 0 Å². The van der Waals surface area contributed by atoms with Crippen molar-refractivity contribution in [3.05, 3.63) is 0 Å². The highest BCUT2D eigenvalue weighted by molar-refractivity contribution is 5.77. The van der Waals surface area contributed by atoms with Crippen LogP contribution in [0.3, 0.4) is 0 Å². The summed E-state index contributed by atoms with van der Waals surface area (Å²) in [5, 5.41) is 23.6. The van der Waals surface area contributed by atoms with Crippen LogP contribution in [0.4, 0.5) is 0 Å². The van der Waals surface area contributed by atoms with E-state index in [0.29, 0.717) is 19.3 Å². The van der Waals surface area contributed by atoms with Gasteiger partial charge < -0.3 is 20.3 Å². The van der Waals surface area contributed by atoms with Crippen molar-refractivity contribution >= 4 is 11.9 Å². The first-order chi connectivity index (χ1) is 26.5. The minimum Gasteiger partial charge on any atom is -0.462 e. The van der Waals surface area contributed by atoms with Crippen LogP contribution in [0.2, 0.25) is 0 Å². The number of rotatable bonds is 44. The van der Waals surface area contributed by atoms with Crippen molar-refractivity contribution in [3.63, 3.8) is 0 Å². The van der Waals surface area contributed by atoms with Crippen molar-refractivity contribution in [3.8, 4) is 0 Å². The largest absolute Gasteiger partial charge is 0.462 e. The molecule has 0 spiro atoms. The smallest absolute Gasteiger partial charge is 0.306 e. The van der Waals surface area contributed by atoms with Gasteiger partial charge in [-0.15, -0.1) is 0 Å². The number of esters is 1. The number of carbonyl (C=O) groups is 2. The Morgan fingerprint density at radius 3 is 1.13 bits per heavy atom. The molecule has 3 unspecified atom stereocenters. The van der Waals surface area contributed by atoms with Crippen LogP contribution in [-0.2, 0) is 14.3 Å². The van der Waals surface area contributed by atoms with Gasteiger partial charge in [-0.05, 0) is 25.7 Å². The fraction of sp³-hybridized carbons (Fsp3) is 0.958. The second-order valence-corrected chi connectivity index (χ2v) is 16.9. The topological polar surface area (TPSA) is 95.9 Å². The Morgan fingerprint density at radius 1 is 0.463 bits per heavy atom. The molecule has 0 aromatic heterocycles. The van der Waals surface area contributed by atoms with Crippen molar-refractivity contribution in [2.45, 2.75) is 289 Å². The molecular formula is C48H95NO5. The van der Waals surface area contributed by atoms with E-state index in [1.54, 1.807) is 0 Å². The lowest BCUT2D eigenvalue weighted by Crippen LogP contribution is -2.46. The molecular weight excluding hydrogens is 671 g/mol. The van der Waals surface area contributed by atoms with Crippen LogP contribution >= 0.6 is 0 Å². The molecule has 0 aromatic carbocycles. The third-order valence-electron chi connectivity index (χ3n) is 11.4. The van der Waals surface area contributed by atoms with E-state index in [9.17, 15) is 19.8 Å². The molecule has 322 valence electrons. The summed E-state index contributed by atoms with van der Waals surface area (Å²) in [5.74, 6) is -0.457. The maximum Gasteiger partial charge on any atom is 0.306 e. The van der Waals surface area contributed by atoms with Gasteiger partial charge in [0.2, 0.25) is 5.91 Å². The van der Waals surface area contributed by atoms with E-state index >= 15 is 0 Å². The number of unbranched alkanes of at least 4 members (excludes halogenated alkanes) is 32. The molecule has 0 aliphatic rings. The maximum absolute atomic E-state index is 13.1. The number of hydrogen-bond donors (Lipinski definition) is 3. The highest BCUT2D eigenvalue weighted by atomic mass is 16.5. The standard InChI is InChI=1S/C48H95NO5/c1-4-7-10-13-16-19-21-22-23-24-25-26-28-30-33-36-39-44(54-48(53)41-38-35-32-29-20-17-14-11-8-5-2)42-47(52)49-45(43-50)46(51)40-37-34-31-27-18-15-12-9-6-3/h44-46,50-51H,4-43H2,1-3H3,(H,49,52). The number of amides is 1. The number of carbonyl (C=O) groups excluding carboxylic acids is 2. The molecule has 54 heavy (non-hydrogen) atoms. The van der Waals surface area contributed by atoms with E-state index in [4.69, 9.17) is 4.74 Å². The molecule has 0 heterocycles. The van der Waals surface area contributed by atoms with Gasteiger partial charge in [-0.25, -0.2) is 0 Å². The SMILES string of the molecule is CCCCCCCCCCCCCCCCCCC(CC(=O)NC(CO)C(O)CCCCCCCCCCC)OC(=O)CCCCCCCCCCCC. The van der Waals surface area contributed by atoms with Crippen LogP contribution in [0, 0.1) is 0 Å². The van der Waals surface area contributed by atoms with Crippen molar-refractivity contribution < 1.29 is 24.5 Å². The molecule has 1 amide bonds. The third-order valence-corrected chi connectivity index (χ3v) is 11.4. The minimum absolute atomic E-state index is 0.0871. The van der Waals surface area contributed by atoms with E-state index in [1.165, 1.54) is 180 Å². The Morgan fingerprint density at radius 2 is 0.778 bits per heavy atom. The predicted octanol–water partition coefficient (Wildman–Crippen LogP) is 14.0. The van der Waals surface area contributed by atoms with Crippen LogP contribution < -0.4 is 5.32 Å². The van der Waals surface area contributed by atoms with Gasteiger partial charge in [-0.2, -0.15) is 0 Å². The summed E-state index contributed by atoms with van der Waals surface area (Å²) in [6.07, 6.45) is 44.5. The zero-order chi connectivity index (χ0) is 39.6. The summed E-state index contributed by atoms with van der Waals surface area (Å²) in [4.78, 5) is 26.0. The second kappa shape index (κ2) is 43.0. The molecule has 0 aromatic rings. The van der Waals surface area contributed by atoms with Crippen molar-refractivity contribution in [1.29, 1.82) is 0 Å². The molecule has 0 aliphatic carbocycles. The van der Waals surface area contributed by atoms with Crippen molar-refractivity contribution in [2.24, 2.45) is 0 Å². The average molecular weight is 766 g/mol. The maximum atomic E-state index is 13.1. The first-order valence-electron chi connectivity index (χ1n) is 24.3. The minimum atomic E-state index is -0.777. The zero-order valence-electron chi connectivity index (χ0n) is 36.6. The van der Waals surface area contributed by atoms with Gasteiger partial charge in [-0.3, -0.25) is 9.59 Å². The molecule has 0 aliphatic heterocycles. The monoisotopic (exact) mass is 766 g/mol. The lowest BCUT2D eigenvalue weighted by molar-refractivity contribution is -0.151. The van der Waals surface area contributed by atoms with Gasteiger partial charge in [0.15, 0.2) is 0 Å². The normalized spacial score (nSPS) is 13.2. The summed E-state index contributed by atoms with van der Waals surface area (Å²) in [6.45, 7) is 6.47. The van der Waals surface area contributed by atoms with Gasteiger partial charge >= 0.3 is 5.97 Å². The average Bonchev–Trinajstić information content (AvgIpc) is 3.16. The van der Waals surface area contributed by atoms with Gasteiger partial charge in [0, 0.05) is 6.42 Å². The van der Waals surface area contributed by atoms with Gasteiger partial charge in [-0.1, -0.05) is 233 Å². The fourth-order valence-electron chi connectivity index (χ4n) is 7.73. The lowest BCUT2D eigenvalue weighted by Gasteiger charge is -2.24. The summed E-state index contributed by atoms with van der Waals surface area (Å²) in [5.41, 5.74) is 0. The van der Waals surface area contributed by atoms with E-state index in [2.05, 4.69) is 26.1 Å². The number of aliphatic hydroxyl groups is 2.